The summed E-state index contributed by atoms with van der Waals surface area (Å²) in [4.78, 5) is 21.4. The average Bonchev–Trinajstić information content (AvgIpc) is 2.64. The van der Waals surface area contributed by atoms with Crippen molar-refractivity contribution in [2.45, 2.75) is 25.4 Å². The molecular formula is C8H13N5O3. The van der Waals surface area contributed by atoms with Crippen molar-refractivity contribution in [2.24, 2.45) is 11.5 Å². The zero-order valence-corrected chi connectivity index (χ0v) is 8.70. The topological polar surface area (TPSA) is 137 Å². The van der Waals surface area contributed by atoms with Gasteiger partial charge in [-0.05, 0) is 6.92 Å². The third-order valence-corrected chi connectivity index (χ3v) is 2.11. The molecule has 1 amide bonds. The number of nitrogens with two attached hydrogens (primary N) is 2. The number of hydrogen-bond donors (Lipinski definition) is 3. The van der Waals surface area contributed by atoms with E-state index in [1.54, 1.807) is 6.92 Å². The van der Waals surface area contributed by atoms with Crippen LogP contribution in [-0.4, -0.2) is 38.0 Å². The molecule has 1 rings (SSSR count). The van der Waals surface area contributed by atoms with Gasteiger partial charge in [0.15, 0.2) is 0 Å². The van der Waals surface area contributed by atoms with Gasteiger partial charge in [-0.3, -0.25) is 9.59 Å². The molecule has 0 radical (unpaired) electrons. The maximum Gasteiger partial charge on any atom is 0.320 e. The second kappa shape index (κ2) is 4.71. The largest absolute Gasteiger partial charge is 0.480 e. The van der Waals surface area contributed by atoms with Crippen LogP contribution in [0.25, 0.3) is 0 Å². The van der Waals surface area contributed by atoms with Gasteiger partial charge in [0.2, 0.25) is 5.91 Å². The van der Waals surface area contributed by atoms with E-state index in [1.807, 2.05) is 0 Å². The second-order valence-corrected chi connectivity index (χ2v) is 3.42. The van der Waals surface area contributed by atoms with Crippen molar-refractivity contribution in [3.05, 3.63) is 11.9 Å². The van der Waals surface area contributed by atoms with Crippen LogP contribution in [-0.2, 0) is 16.0 Å². The van der Waals surface area contributed by atoms with Crippen molar-refractivity contribution in [1.29, 1.82) is 0 Å². The number of carbonyl (C=O) groups excluding carboxylic acids is 1. The monoisotopic (exact) mass is 227 g/mol. The molecule has 2 atom stereocenters. The van der Waals surface area contributed by atoms with Gasteiger partial charge in [-0.1, -0.05) is 5.21 Å². The molecule has 8 nitrogen and oxygen atoms in total. The number of rotatable bonds is 5. The van der Waals surface area contributed by atoms with Crippen molar-refractivity contribution in [3.63, 3.8) is 0 Å². The fourth-order valence-electron chi connectivity index (χ4n) is 1.04. The summed E-state index contributed by atoms with van der Waals surface area (Å²) in [7, 11) is 0. The maximum absolute atomic E-state index is 10.9. The Morgan fingerprint density at radius 1 is 1.62 bits per heavy atom. The van der Waals surface area contributed by atoms with Gasteiger partial charge in [0.1, 0.15) is 12.1 Å². The van der Waals surface area contributed by atoms with Gasteiger partial charge in [-0.25, -0.2) is 4.68 Å². The van der Waals surface area contributed by atoms with Crippen molar-refractivity contribution in [3.8, 4) is 0 Å². The fourth-order valence-corrected chi connectivity index (χ4v) is 1.04. The minimum atomic E-state index is -1.11. The molecule has 1 aromatic rings. The summed E-state index contributed by atoms with van der Waals surface area (Å²) in [6.07, 6.45) is 1.51. The van der Waals surface area contributed by atoms with Crippen LogP contribution < -0.4 is 11.5 Å². The second-order valence-electron chi connectivity index (χ2n) is 3.42. The number of aromatic nitrogens is 3. The van der Waals surface area contributed by atoms with Crippen LogP contribution in [0.15, 0.2) is 6.20 Å². The zero-order chi connectivity index (χ0) is 12.3. The van der Waals surface area contributed by atoms with Crippen molar-refractivity contribution < 1.29 is 14.7 Å². The molecule has 0 saturated heterocycles. The van der Waals surface area contributed by atoms with E-state index in [1.165, 1.54) is 10.9 Å². The third-order valence-electron chi connectivity index (χ3n) is 2.11. The molecule has 0 spiro atoms. The van der Waals surface area contributed by atoms with E-state index in [0.717, 1.165) is 0 Å². The number of nitrogens with zero attached hydrogens (tertiary/aromatic N) is 3. The summed E-state index contributed by atoms with van der Waals surface area (Å²) in [6, 6.07) is -1.66. The number of amides is 1. The van der Waals surface area contributed by atoms with Gasteiger partial charge < -0.3 is 16.6 Å². The number of carboxylic acids is 1. The van der Waals surface area contributed by atoms with Crippen LogP contribution in [0.4, 0.5) is 0 Å². The van der Waals surface area contributed by atoms with E-state index in [4.69, 9.17) is 16.6 Å². The van der Waals surface area contributed by atoms with E-state index in [2.05, 4.69) is 10.3 Å². The van der Waals surface area contributed by atoms with Crippen LogP contribution in [0.5, 0.6) is 0 Å². The number of hydrogen-bond acceptors (Lipinski definition) is 5. The van der Waals surface area contributed by atoms with Gasteiger partial charge >= 0.3 is 5.97 Å². The Labute approximate surface area is 91.2 Å². The highest BCUT2D eigenvalue weighted by Gasteiger charge is 2.17. The molecule has 1 aromatic heterocycles. The molecule has 1 heterocycles. The maximum atomic E-state index is 10.9. The van der Waals surface area contributed by atoms with Gasteiger partial charge in [-0.2, -0.15) is 0 Å². The highest BCUT2D eigenvalue weighted by Crippen LogP contribution is 2.04. The molecule has 0 saturated carbocycles. The van der Waals surface area contributed by atoms with Crippen LogP contribution in [0, 0.1) is 0 Å². The summed E-state index contributed by atoms with van der Waals surface area (Å²) < 4.78 is 1.27. The first-order valence-corrected chi connectivity index (χ1v) is 4.60. The number of carboxylic acid groups (broad SMARTS) is 1. The summed E-state index contributed by atoms with van der Waals surface area (Å²) in [5.41, 5.74) is 10.8. The first-order chi connectivity index (χ1) is 7.41. The zero-order valence-electron chi connectivity index (χ0n) is 8.70. The van der Waals surface area contributed by atoms with Crippen LogP contribution in [0.1, 0.15) is 18.7 Å². The molecule has 16 heavy (non-hydrogen) atoms. The molecule has 0 bridgehead atoms. The minimum absolute atomic E-state index is 0.0564. The summed E-state index contributed by atoms with van der Waals surface area (Å²) >= 11 is 0. The normalized spacial score (nSPS) is 14.4. The van der Waals surface area contributed by atoms with Gasteiger partial charge in [0, 0.05) is 12.6 Å². The van der Waals surface area contributed by atoms with Crippen LogP contribution >= 0.6 is 0 Å². The molecule has 0 aliphatic rings. The fraction of sp³-hybridized carbons (Fsp3) is 0.500. The van der Waals surface area contributed by atoms with Gasteiger partial charge in [-0.15, -0.1) is 5.10 Å². The molecule has 88 valence electrons. The molecular weight excluding hydrogens is 214 g/mol. The molecule has 0 aliphatic heterocycles. The highest BCUT2D eigenvalue weighted by atomic mass is 16.4. The quantitative estimate of drug-likeness (QED) is 0.547. The lowest BCUT2D eigenvalue weighted by molar-refractivity contribution is -0.138. The predicted molar refractivity (Wildman–Crippen MR) is 53.2 cm³/mol. The third kappa shape index (κ3) is 2.76. The molecule has 8 heteroatoms. The Morgan fingerprint density at radius 2 is 2.25 bits per heavy atom. The van der Waals surface area contributed by atoms with E-state index in [-0.39, 0.29) is 6.42 Å². The predicted octanol–water partition coefficient (Wildman–Crippen LogP) is -1.72. The van der Waals surface area contributed by atoms with Gasteiger partial charge in [0.25, 0.3) is 0 Å². The Kier molecular flexibility index (Phi) is 3.56. The number of aliphatic carboxylic acids is 1. The molecule has 2 unspecified atom stereocenters. The minimum Gasteiger partial charge on any atom is -0.480 e. The first kappa shape index (κ1) is 12.1. The van der Waals surface area contributed by atoms with Gasteiger partial charge in [0.05, 0.1) is 5.69 Å². The Morgan fingerprint density at radius 3 is 2.75 bits per heavy atom. The molecule has 5 N–H and O–H groups in total. The lowest BCUT2D eigenvalue weighted by atomic mass is 10.2. The standard InChI is InChI=1S/C8H13N5O3/c1-4(7(10)14)13-3-5(11-12-13)2-6(9)8(15)16/h3-4,6H,2,9H2,1H3,(H2,10,14)(H,15,16). The lowest BCUT2D eigenvalue weighted by Crippen LogP contribution is -2.32. The van der Waals surface area contributed by atoms with Crippen molar-refractivity contribution in [2.75, 3.05) is 0 Å². The molecule has 0 aromatic carbocycles. The van der Waals surface area contributed by atoms with Crippen molar-refractivity contribution >= 4 is 11.9 Å². The summed E-state index contributed by atoms with van der Waals surface area (Å²) in [5.74, 6) is -1.66. The molecule has 0 fully saturated rings. The molecule has 0 aliphatic carbocycles. The van der Waals surface area contributed by atoms with E-state index < -0.39 is 24.0 Å². The highest BCUT2D eigenvalue weighted by molar-refractivity contribution is 5.77. The lowest BCUT2D eigenvalue weighted by Gasteiger charge is -2.05. The van der Waals surface area contributed by atoms with Crippen LogP contribution in [0.2, 0.25) is 0 Å². The Hall–Kier alpha value is -1.96. The van der Waals surface area contributed by atoms with Crippen LogP contribution in [0.3, 0.4) is 0 Å². The van der Waals surface area contributed by atoms with E-state index in [0.29, 0.717) is 5.69 Å². The van der Waals surface area contributed by atoms with E-state index >= 15 is 0 Å². The first-order valence-electron chi connectivity index (χ1n) is 4.60. The van der Waals surface area contributed by atoms with E-state index in [9.17, 15) is 9.59 Å². The number of primary amides is 1. The SMILES string of the molecule is CC(C(N)=O)n1cc(CC(N)C(=O)O)nn1. The average molecular weight is 227 g/mol. The number of carbonyl (C=O) groups is 2. The van der Waals surface area contributed by atoms with Crippen molar-refractivity contribution in [1.82, 2.24) is 15.0 Å². The Bertz CT molecular complexity index is 402. The summed E-state index contributed by atoms with van der Waals surface area (Å²) in [5, 5.41) is 16.0. The smallest absolute Gasteiger partial charge is 0.320 e. The summed E-state index contributed by atoms with van der Waals surface area (Å²) in [6.45, 7) is 1.57. The Balaban J connectivity index is 2.72.